The van der Waals surface area contributed by atoms with Crippen molar-refractivity contribution in [3.05, 3.63) is 23.0 Å². The Hall–Kier alpha value is -1.25. The van der Waals surface area contributed by atoms with E-state index in [9.17, 15) is 14.6 Å². The maximum atomic E-state index is 14.0. The molecule has 0 atom stereocenters. The van der Waals surface area contributed by atoms with Crippen molar-refractivity contribution in [2.75, 3.05) is 0 Å². The molecule has 3 heteroatoms. The monoisotopic (exact) mass is 239 g/mol. The number of hydrogen-bond acceptors (Lipinski definition) is 1. The molecule has 1 aromatic carbocycles. The van der Waals surface area contributed by atoms with E-state index in [1.807, 2.05) is 20.8 Å². The summed E-state index contributed by atoms with van der Waals surface area (Å²) in [7, 11) is 0. The van der Waals surface area contributed by atoms with Gasteiger partial charge in [0.15, 0.2) is 5.75 Å². The first-order valence-electron chi connectivity index (χ1n) is 5.69. The summed E-state index contributed by atoms with van der Waals surface area (Å²) < 4.78 is 14.0. The highest BCUT2D eigenvalue weighted by Crippen LogP contribution is 2.45. The highest BCUT2D eigenvalue weighted by Gasteiger charge is 2.31. The minimum absolute atomic E-state index is 0.0931. The molecular formula is C14H20FO2. The van der Waals surface area contributed by atoms with Gasteiger partial charge in [-0.15, -0.1) is 0 Å². The average Bonchev–Trinajstić information content (AvgIpc) is 2.07. The van der Waals surface area contributed by atoms with Gasteiger partial charge in [-0.05, 0) is 16.9 Å². The molecule has 0 unspecified atom stereocenters. The van der Waals surface area contributed by atoms with Gasteiger partial charge in [0.05, 0.1) is 0 Å². The lowest BCUT2D eigenvalue weighted by Crippen LogP contribution is -2.17. The normalized spacial score (nSPS) is 12.9. The fraction of sp³-hybridized carbons (Fsp3) is 0.571. The SMILES string of the molecule is CC(C)(C)c1cc(F)c(C(C)(C)C)c(O)c1[O]. The number of hydrogen-bond donors (Lipinski definition) is 1. The Kier molecular flexibility index (Phi) is 3.17. The van der Waals surface area contributed by atoms with Gasteiger partial charge in [-0.1, -0.05) is 41.5 Å². The lowest BCUT2D eigenvalue weighted by atomic mass is 9.80. The molecule has 0 saturated heterocycles. The molecule has 0 fully saturated rings. The van der Waals surface area contributed by atoms with Crippen LogP contribution in [0, 0.1) is 5.82 Å². The summed E-state index contributed by atoms with van der Waals surface area (Å²) in [6, 6.07) is 1.25. The van der Waals surface area contributed by atoms with Crippen LogP contribution in [-0.2, 0) is 15.9 Å². The van der Waals surface area contributed by atoms with Crippen LogP contribution < -0.4 is 0 Å². The van der Waals surface area contributed by atoms with Crippen molar-refractivity contribution in [2.45, 2.75) is 52.4 Å². The molecule has 0 heterocycles. The first kappa shape index (κ1) is 13.8. The molecule has 95 valence electrons. The number of benzene rings is 1. The summed E-state index contributed by atoms with van der Waals surface area (Å²) in [4.78, 5) is 0. The zero-order chi connectivity index (χ0) is 13.6. The zero-order valence-electron chi connectivity index (χ0n) is 11.3. The second-order valence-corrected chi connectivity index (χ2v) is 6.46. The Morgan fingerprint density at radius 3 is 1.88 bits per heavy atom. The van der Waals surface area contributed by atoms with Crippen LogP contribution in [0.2, 0.25) is 0 Å². The fourth-order valence-corrected chi connectivity index (χ4v) is 1.89. The Labute approximate surface area is 102 Å². The van der Waals surface area contributed by atoms with Gasteiger partial charge in [0.25, 0.3) is 0 Å². The molecule has 0 aliphatic heterocycles. The third kappa shape index (κ3) is 2.54. The third-order valence-corrected chi connectivity index (χ3v) is 2.76. The maximum absolute atomic E-state index is 14.0. The Morgan fingerprint density at radius 1 is 1.06 bits per heavy atom. The van der Waals surface area contributed by atoms with Gasteiger partial charge in [0, 0.05) is 11.1 Å². The molecule has 0 aliphatic rings. The minimum Gasteiger partial charge on any atom is -0.504 e. The topological polar surface area (TPSA) is 40.1 Å². The van der Waals surface area contributed by atoms with Gasteiger partial charge >= 0.3 is 0 Å². The van der Waals surface area contributed by atoms with Crippen molar-refractivity contribution in [3.8, 4) is 11.5 Å². The highest BCUT2D eigenvalue weighted by molar-refractivity contribution is 5.55. The van der Waals surface area contributed by atoms with Crippen LogP contribution in [0.3, 0.4) is 0 Å². The Bertz CT molecular complexity index is 437. The zero-order valence-corrected chi connectivity index (χ0v) is 11.3. The second-order valence-electron chi connectivity index (χ2n) is 6.46. The summed E-state index contributed by atoms with van der Waals surface area (Å²) in [5.74, 6) is -1.44. The second kappa shape index (κ2) is 3.90. The number of aromatic hydroxyl groups is 1. The van der Waals surface area contributed by atoms with Crippen LogP contribution >= 0.6 is 0 Å². The quantitative estimate of drug-likeness (QED) is 0.721. The van der Waals surface area contributed by atoms with E-state index in [1.165, 1.54) is 6.07 Å². The van der Waals surface area contributed by atoms with Crippen molar-refractivity contribution in [1.29, 1.82) is 0 Å². The van der Waals surface area contributed by atoms with E-state index in [1.54, 1.807) is 20.8 Å². The Balaban J connectivity index is 3.60. The molecule has 0 aromatic heterocycles. The van der Waals surface area contributed by atoms with Crippen molar-refractivity contribution in [2.24, 2.45) is 0 Å². The molecular weight excluding hydrogens is 219 g/mol. The summed E-state index contributed by atoms with van der Waals surface area (Å²) >= 11 is 0. The van der Waals surface area contributed by atoms with Crippen LogP contribution in [0.25, 0.3) is 0 Å². The molecule has 1 N–H and O–H groups in total. The molecule has 1 rings (SSSR count). The molecule has 1 aromatic rings. The van der Waals surface area contributed by atoms with Crippen molar-refractivity contribution < 1.29 is 14.6 Å². The number of phenols is 1. The molecule has 2 nitrogen and oxygen atoms in total. The van der Waals surface area contributed by atoms with E-state index in [0.29, 0.717) is 5.56 Å². The number of phenolic OH excluding ortho intramolecular Hbond substituents is 1. The third-order valence-electron chi connectivity index (χ3n) is 2.76. The van der Waals surface area contributed by atoms with E-state index in [-0.39, 0.29) is 5.56 Å². The van der Waals surface area contributed by atoms with Gasteiger partial charge in [-0.3, -0.25) is 5.11 Å². The number of rotatable bonds is 0. The molecule has 0 amide bonds. The van der Waals surface area contributed by atoms with E-state index in [4.69, 9.17) is 0 Å². The lowest BCUT2D eigenvalue weighted by Gasteiger charge is -2.25. The maximum Gasteiger partial charge on any atom is 0.224 e. The summed E-state index contributed by atoms with van der Waals surface area (Å²) in [6.45, 7) is 10.8. The van der Waals surface area contributed by atoms with E-state index < -0.39 is 28.1 Å². The van der Waals surface area contributed by atoms with Gasteiger partial charge in [0.2, 0.25) is 5.75 Å². The Morgan fingerprint density at radius 2 is 1.53 bits per heavy atom. The van der Waals surface area contributed by atoms with Crippen LogP contribution in [-0.4, -0.2) is 5.11 Å². The highest BCUT2D eigenvalue weighted by atomic mass is 19.1. The van der Waals surface area contributed by atoms with Gasteiger partial charge in [0.1, 0.15) is 5.82 Å². The lowest BCUT2D eigenvalue weighted by molar-refractivity contribution is 0.303. The van der Waals surface area contributed by atoms with Crippen LogP contribution in [0.5, 0.6) is 11.5 Å². The van der Waals surface area contributed by atoms with Crippen molar-refractivity contribution in [1.82, 2.24) is 0 Å². The molecule has 0 aliphatic carbocycles. The summed E-state index contributed by atoms with van der Waals surface area (Å²) in [5.41, 5.74) is -0.675. The molecule has 0 saturated carbocycles. The predicted octanol–water partition coefficient (Wildman–Crippen LogP) is 4.27. The van der Waals surface area contributed by atoms with E-state index in [2.05, 4.69) is 0 Å². The first-order chi connectivity index (χ1) is 7.46. The summed E-state index contributed by atoms with van der Waals surface area (Å²) in [6.07, 6.45) is 0. The van der Waals surface area contributed by atoms with E-state index >= 15 is 0 Å². The van der Waals surface area contributed by atoms with Crippen LogP contribution in [0.4, 0.5) is 4.39 Å². The minimum atomic E-state index is -0.594. The van der Waals surface area contributed by atoms with Gasteiger partial charge in [-0.2, -0.15) is 0 Å². The van der Waals surface area contributed by atoms with Crippen molar-refractivity contribution in [3.63, 3.8) is 0 Å². The summed E-state index contributed by atoms with van der Waals surface area (Å²) in [5, 5.41) is 21.9. The standard InChI is InChI=1S/C14H20FO2/c1-13(2,3)8-7-9(15)10(14(4,5)6)12(17)11(8)16/h7,17H,1-6H3. The molecule has 0 spiro atoms. The van der Waals surface area contributed by atoms with Crippen molar-refractivity contribution >= 4 is 0 Å². The molecule has 1 radical (unpaired) electrons. The first-order valence-corrected chi connectivity index (χ1v) is 5.69. The van der Waals surface area contributed by atoms with Gasteiger partial charge in [-0.25, -0.2) is 4.39 Å². The van der Waals surface area contributed by atoms with Crippen LogP contribution in [0.1, 0.15) is 52.7 Å². The number of halogens is 1. The molecule has 17 heavy (non-hydrogen) atoms. The predicted molar refractivity (Wildman–Crippen MR) is 65.6 cm³/mol. The van der Waals surface area contributed by atoms with Gasteiger partial charge < -0.3 is 5.11 Å². The molecule has 0 bridgehead atoms. The fourth-order valence-electron chi connectivity index (χ4n) is 1.89. The largest absolute Gasteiger partial charge is 0.504 e. The van der Waals surface area contributed by atoms with Crippen LogP contribution in [0.15, 0.2) is 6.07 Å². The smallest absolute Gasteiger partial charge is 0.224 e. The average molecular weight is 239 g/mol. The van der Waals surface area contributed by atoms with E-state index in [0.717, 1.165) is 0 Å².